The van der Waals surface area contributed by atoms with Crippen LogP contribution in [0, 0.1) is 11.8 Å². The molecule has 0 heterocycles. The first-order valence-electron chi connectivity index (χ1n) is 8.92. The third kappa shape index (κ3) is 5.00. The molecule has 3 rings (SSSR count). The van der Waals surface area contributed by atoms with Gasteiger partial charge in [-0.05, 0) is 41.8 Å². The maximum Gasteiger partial charge on any atom is 0.224 e. The monoisotopic (exact) mass is 368 g/mol. The highest BCUT2D eigenvalue weighted by Crippen LogP contribution is 2.38. The van der Waals surface area contributed by atoms with Gasteiger partial charge in [-0.15, -0.1) is 0 Å². The Morgan fingerprint density at radius 3 is 1.48 bits per heavy atom. The Morgan fingerprint density at radius 2 is 1.15 bits per heavy atom. The number of benzene rings is 2. The van der Waals surface area contributed by atoms with E-state index in [1.165, 1.54) is 0 Å². The lowest BCUT2D eigenvalue weighted by atomic mass is 10.2. The summed E-state index contributed by atoms with van der Waals surface area (Å²) in [5, 5.41) is 5.79. The van der Waals surface area contributed by atoms with Gasteiger partial charge in [0.1, 0.15) is 11.5 Å². The molecule has 0 bridgehead atoms. The minimum Gasteiger partial charge on any atom is -0.497 e. The van der Waals surface area contributed by atoms with Crippen LogP contribution in [0.4, 0.5) is 0 Å². The molecule has 0 radical (unpaired) electrons. The van der Waals surface area contributed by atoms with Crippen molar-refractivity contribution in [1.82, 2.24) is 10.6 Å². The Hall–Kier alpha value is -3.02. The van der Waals surface area contributed by atoms with Crippen LogP contribution < -0.4 is 20.1 Å². The van der Waals surface area contributed by atoms with Crippen molar-refractivity contribution in [2.75, 3.05) is 14.2 Å². The highest BCUT2D eigenvalue weighted by molar-refractivity contribution is 5.92. The van der Waals surface area contributed by atoms with Crippen LogP contribution in [0.2, 0.25) is 0 Å². The fourth-order valence-electron chi connectivity index (χ4n) is 2.90. The molecule has 1 aliphatic rings. The molecule has 0 saturated heterocycles. The third-order valence-electron chi connectivity index (χ3n) is 4.72. The minimum absolute atomic E-state index is 0.0737. The Labute approximate surface area is 158 Å². The molecule has 0 aromatic heterocycles. The zero-order chi connectivity index (χ0) is 19.2. The number of nitrogens with one attached hydrogen (secondary N) is 2. The Kier molecular flexibility index (Phi) is 5.96. The predicted molar refractivity (Wildman–Crippen MR) is 101 cm³/mol. The van der Waals surface area contributed by atoms with Gasteiger partial charge in [0.15, 0.2) is 0 Å². The second-order valence-corrected chi connectivity index (χ2v) is 6.58. The lowest BCUT2D eigenvalue weighted by Gasteiger charge is -2.07. The molecule has 6 nitrogen and oxygen atoms in total. The molecular formula is C21H24N2O4. The van der Waals surface area contributed by atoms with Crippen LogP contribution >= 0.6 is 0 Å². The molecule has 2 amide bonds. The number of ether oxygens (including phenoxy) is 2. The normalized spacial score (nSPS) is 17.7. The van der Waals surface area contributed by atoms with E-state index in [9.17, 15) is 9.59 Å². The van der Waals surface area contributed by atoms with Gasteiger partial charge < -0.3 is 20.1 Å². The van der Waals surface area contributed by atoms with Crippen LogP contribution in [0.1, 0.15) is 17.5 Å². The molecule has 2 atom stereocenters. The van der Waals surface area contributed by atoms with E-state index in [-0.39, 0.29) is 23.7 Å². The first kappa shape index (κ1) is 18.8. The summed E-state index contributed by atoms with van der Waals surface area (Å²) in [5.41, 5.74) is 1.98. The second-order valence-electron chi connectivity index (χ2n) is 6.58. The largest absolute Gasteiger partial charge is 0.497 e. The maximum atomic E-state index is 12.2. The lowest BCUT2D eigenvalue weighted by Crippen LogP contribution is -2.29. The molecule has 27 heavy (non-hydrogen) atoms. The molecule has 2 unspecified atom stereocenters. The first-order valence-corrected chi connectivity index (χ1v) is 8.92. The highest BCUT2D eigenvalue weighted by atomic mass is 16.5. The fraction of sp³-hybridized carbons (Fsp3) is 0.333. The van der Waals surface area contributed by atoms with Crippen molar-refractivity contribution in [3.05, 3.63) is 59.7 Å². The van der Waals surface area contributed by atoms with Crippen molar-refractivity contribution in [3.8, 4) is 11.5 Å². The van der Waals surface area contributed by atoms with Crippen LogP contribution in [0.3, 0.4) is 0 Å². The number of rotatable bonds is 8. The molecule has 2 aromatic carbocycles. The molecule has 1 aliphatic carbocycles. The van der Waals surface area contributed by atoms with E-state index in [0.29, 0.717) is 19.5 Å². The molecule has 6 heteroatoms. The van der Waals surface area contributed by atoms with E-state index in [2.05, 4.69) is 10.6 Å². The van der Waals surface area contributed by atoms with Crippen LogP contribution in [0.25, 0.3) is 0 Å². The van der Waals surface area contributed by atoms with Crippen molar-refractivity contribution in [2.24, 2.45) is 11.8 Å². The summed E-state index contributed by atoms with van der Waals surface area (Å²) in [7, 11) is 3.23. The number of carbonyl (C=O) groups excluding carboxylic acids is 2. The Bertz CT molecular complexity index is 719. The second kappa shape index (κ2) is 8.58. The van der Waals surface area contributed by atoms with E-state index in [0.717, 1.165) is 22.6 Å². The van der Waals surface area contributed by atoms with Crippen molar-refractivity contribution < 1.29 is 19.1 Å². The predicted octanol–water partition coefficient (Wildman–Crippen LogP) is 2.27. The van der Waals surface area contributed by atoms with Gasteiger partial charge in [0, 0.05) is 13.1 Å². The SMILES string of the molecule is COc1ccc(CNC(=O)C2CC2C(=O)NCc2ccc(OC)cc2)cc1. The average Bonchev–Trinajstić information content (AvgIpc) is 3.52. The van der Waals surface area contributed by atoms with Crippen LogP contribution in [0.5, 0.6) is 11.5 Å². The van der Waals surface area contributed by atoms with Gasteiger partial charge in [0.25, 0.3) is 0 Å². The van der Waals surface area contributed by atoms with Crippen molar-refractivity contribution in [1.29, 1.82) is 0 Å². The van der Waals surface area contributed by atoms with Crippen molar-refractivity contribution in [3.63, 3.8) is 0 Å². The number of hydrogen-bond acceptors (Lipinski definition) is 4. The lowest BCUT2D eigenvalue weighted by molar-refractivity contribution is -0.127. The smallest absolute Gasteiger partial charge is 0.224 e. The van der Waals surface area contributed by atoms with E-state index in [1.54, 1.807) is 14.2 Å². The summed E-state index contributed by atoms with van der Waals surface area (Å²) >= 11 is 0. The van der Waals surface area contributed by atoms with E-state index < -0.39 is 0 Å². The average molecular weight is 368 g/mol. The zero-order valence-corrected chi connectivity index (χ0v) is 15.5. The van der Waals surface area contributed by atoms with Crippen molar-refractivity contribution in [2.45, 2.75) is 19.5 Å². The summed E-state index contributed by atoms with van der Waals surface area (Å²) in [6, 6.07) is 15.1. The third-order valence-corrected chi connectivity index (χ3v) is 4.72. The topological polar surface area (TPSA) is 76.7 Å². The van der Waals surface area contributed by atoms with E-state index in [4.69, 9.17) is 9.47 Å². The summed E-state index contributed by atoms with van der Waals surface area (Å²) in [4.78, 5) is 24.5. The summed E-state index contributed by atoms with van der Waals surface area (Å²) in [6.45, 7) is 0.888. The summed E-state index contributed by atoms with van der Waals surface area (Å²) in [5.74, 6) is 0.936. The molecule has 0 aliphatic heterocycles. The number of amides is 2. The van der Waals surface area contributed by atoms with Crippen molar-refractivity contribution >= 4 is 11.8 Å². The molecule has 1 saturated carbocycles. The van der Waals surface area contributed by atoms with Gasteiger partial charge in [-0.2, -0.15) is 0 Å². The highest BCUT2D eigenvalue weighted by Gasteiger charge is 2.47. The van der Waals surface area contributed by atoms with Crippen LogP contribution in [0.15, 0.2) is 48.5 Å². The van der Waals surface area contributed by atoms with Gasteiger partial charge in [0.05, 0.1) is 26.1 Å². The van der Waals surface area contributed by atoms with Crippen LogP contribution in [-0.2, 0) is 22.7 Å². The van der Waals surface area contributed by atoms with E-state index in [1.807, 2.05) is 48.5 Å². The Morgan fingerprint density at radius 1 is 0.778 bits per heavy atom. The number of hydrogen-bond donors (Lipinski definition) is 2. The van der Waals surface area contributed by atoms with Gasteiger partial charge in [-0.1, -0.05) is 24.3 Å². The molecular weight excluding hydrogens is 344 g/mol. The van der Waals surface area contributed by atoms with Gasteiger partial charge in [0.2, 0.25) is 11.8 Å². The quantitative estimate of drug-likeness (QED) is 0.749. The molecule has 2 N–H and O–H groups in total. The Balaban J connectivity index is 1.40. The van der Waals surface area contributed by atoms with E-state index >= 15 is 0 Å². The molecule has 142 valence electrons. The number of methoxy groups -OCH3 is 2. The standard InChI is InChI=1S/C21H24N2O4/c1-26-16-7-3-14(4-8-16)12-22-20(24)18-11-19(18)21(25)23-13-15-5-9-17(27-2)10-6-15/h3-10,18-19H,11-13H2,1-2H3,(H,22,24)(H,23,25). The summed E-state index contributed by atoms with van der Waals surface area (Å²) in [6.07, 6.45) is 0.600. The first-order chi connectivity index (χ1) is 13.1. The number of carbonyl (C=O) groups is 2. The fourth-order valence-corrected chi connectivity index (χ4v) is 2.90. The zero-order valence-electron chi connectivity index (χ0n) is 15.5. The maximum absolute atomic E-state index is 12.2. The van der Waals surface area contributed by atoms with Crippen LogP contribution in [-0.4, -0.2) is 26.0 Å². The molecule has 2 aromatic rings. The molecule has 0 spiro atoms. The van der Waals surface area contributed by atoms with Gasteiger partial charge >= 0.3 is 0 Å². The minimum atomic E-state index is -0.237. The van der Waals surface area contributed by atoms with Gasteiger partial charge in [-0.3, -0.25) is 9.59 Å². The van der Waals surface area contributed by atoms with Gasteiger partial charge in [-0.25, -0.2) is 0 Å². The molecule has 1 fully saturated rings. The summed E-state index contributed by atoms with van der Waals surface area (Å²) < 4.78 is 10.2.